The first-order valence-electron chi connectivity index (χ1n) is 10.1. The molecule has 1 saturated heterocycles. The summed E-state index contributed by atoms with van der Waals surface area (Å²) in [6.07, 6.45) is -3.31. The van der Waals surface area contributed by atoms with Crippen LogP contribution in [-0.2, 0) is 42.9 Å². The molecule has 0 radical (unpaired) electrons. The Kier molecular flexibility index (Phi) is 9.34. The number of esters is 4. The maximum absolute atomic E-state index is 11.9. The topological polar surface area (TPSA) is 136 Å². The number of hydrogen-bond acceptors (Lipinski definition) is 11. The summed E-state index contributed by atoms with van der Waals surface area (Å²) < 4.78 is 32.0. The van der Waals surface area contributed by atoms with Crippen molar-refractivity contribution in [2.75, 3.05) is 13.7 Å². The lowest BCUT2D eigenvalue weighted by atomic mass is 9.96. The Balaban J connectivity index is 2.45. The van der Waals surface area contributed by atoms with Gasteiger partial charge in [0.2, 0.25) is 6.29 Å². The van der Waals surface area contributed by atoms with Gasteiger partial charge in [-0.2, -0.15) is 0 Å². The zero-order chi connectivity index (χ0) is 24.5. The second-order valence-electron chi connectivity index (χ2n) is 7.14. The molecule has 0 N–H and O–H groups in total. The summed E-state index contributed by atoms with van der Waals surface area (Å²) in [7, 11) is 1.54. The number of aliphatic imine (C=N–C) groups is 1. The van der Waals surface area contributed by atoms with Crippen molar-refractivity contribution in [3.63, 3.8) is 0 Å². The van der Waals surface area contributed by atoms with Gasteiger partial charge in [0.25, 0.3) is 0 Å². The third-order valence-electron chi connectivity index (χ3n) is 4.46. The van der Waals surface area contributed by atoms with Crippen molar-refractivity contribution in [3.8, 4) is 5.75 Å². The number of carbonyl (C=O) groups is 4. The first kappa shape index (κ1) is 25.8. The number of nitrogens with zero attached hydrogens (tertiary/aromatic N) is 1. The van der Waals surface area contributed by atoms with E-state index in [2.05, 4.69) is 4.99 Å². The summed E-state index contributed by atoms with van der Waals surface area (Å²) in [6.45, 7) is 4.37. The number of methoxy groups -OCH3 is 1. The normalized spacial score (nSPS) is 24.6. The van der Waals surface area contributed by atoms with Crippen LogP contribution in [0.4, 0.5) is 0 Å². The molecule has 0 amide bonds. The van der Waals surface area contributed by atoms with Crippen LogP contribution in [-0.4, -0.2) is 74.5 Å². The average Bonchev–Trinajstić information content (AvgIpc) is 2.73. The molecular formula is C22H27NO10. The van der Waals surface area contributed by atoms with Gasteiger partial charge in [-0.05, 0) is 29.8 Å². The summed E-state index contributed by atoms with van der Waals surface area (Å²) in [5.41, 5.74) is 0.671. The summed E-state index contributed by atoms with van der Waals surface area (Å²) in [4.78, 5) is 51.1. The van der Waals surface area contributed by atoms with Crippen LogP contribution in [0.3, 0.4) is 0 Å². The molecule has 1 heterocycles. The lowest BCUT2D eigenvalue weighted by Gasteiger charge is -2.42. The summed E-state index contributed by atoms with van der Waals surface area (Å²) >= 11 is 0. The number of benzene rings is 1. The fourth-order valence-corrected chi connectivity index (χ4v) is 3.17. The molecule has 0 aromatic heterocycles. The van der Waals surface area contributed by atoms with E-state index in [9.17, 15) is 19.2 Å². The maximum Gasteiger partial charge on any atom is 0.305 e. The van der Waals surface area contributed by atoms with Gasteiger partial charge in [-0.3, -0.25) is 24.2 Å². The molecule has 1 aliphatic rings. The molecule has 0 bridgehead atoms. The lowest BCUT2D eigenvalue weighted by Crippen LogP contribution is -2.61. The number of hydrogen-bond donors (Lipinski definition) is 0. The average molecular weight is 465 g/mol. The van der Waals surface area contributed by atoms with Gasteiger partial charge in [-0.1, -0.05) is 0 Å². The minimum absolute atomic E-state index is 0.336. The molecule has 11 nitrogen and oxygen atoms in total. The highest BCUT2D eigenvalue weighted by molar-refractivity contribution is 5.80. The van der Waals surface area contributed by atoms with Crippen LogP contribution < -0.4 is 4.74 Å². The highest BCUT2D eigenvalue weighted by Gasteiger charge is 2.51. The van der Waals surface area contributed by atoms with Gasteiger partial charge in [-0.25, -0.2) is 0 Å². The highest BCUT2D eigenvalue weighted by Crippen LogP contribution is 2.30. The number of ether oxygens (including phenoxy) is 6. The second kappa shape index (κ2) is 12.0. The molecule has 1 fully saturated rings. The van der Waals surface area contributed by atoms with Gasteiger partial charge in [0, 0.05) is 33.9 Å². The SMILES string of the molecule is COc1ccc(C=NC2C(OC(C)=O)OC(COC(C)=O)C(OC(C)=O)C2OC(C)=O)cc1. The zero-order valence-electron chi connectivity index (χ0n) is 19.0. The predicted octanol–water partition coefficient (Wildman–Crippen LogP) is 1.20. The second-order valence-corrected chi connectivity index (χ2v) is 7.14. The molecule has 0 spiro atoms. The van der Waals surface area contributed by atoms with Gasteiger partial charge >= 0.3 is 23.9 Å². The fraction of sp³-hybridized carbons (Fsp3) is 0.500. The van der Waals surface area contributed by atoms with Crippen LogP contribution in [0.15, 0.2) is 29.3 Å². The Morgan fingerprint density at radius 3 is 1.97 bits per heavy atom. The van der Waals surface area contributed by atoms with Crippen molar-refractivity contribution in [3.05, 3.63) is 29.8 Å². The van der Waals surface area contributed by atoms with Crippen molar-refractivity contribution in [1.29, 1.82) is 0 Å². The molecule has 2 rings (SSSR count). The van der Waals surface area contributed by atoms with Gasteiger partial charge in [0.15, 0.2) is 18.2 Å². The quantitative estimate of drug-likeness (QED) is 0.313. The molecule has 1 aromatic rings. The molecule has 33 heavy (non-hydrogen) atoms. The molecule has 1 aliphatic heterocycles. The Labute approximate surface area is 190 Å². The smallest absolute Gasteiger partial charge is 0.305 e. The Morgan fingerprint density at radius 2 is 1.45 bits per heavy atom. The molecular weight excluding hydrogens is 438 g/mol. The number of carbonyl (C=O) groups excluding carboxylic acids is 4. The summed E-state index contributed by atoms with van der Waals surface area (Å²) in [6, 6.07) is 5.84. The molecule has 11 heteroatoms. The summed E-state index contributed by atoms with van der Waals surface area (Å²) in [5.74, 6) is -2.00. The van der Waals surface area contributed by atoms with Gasteiger partial charge in [-0.15, -0.1) is 0 Å². The standard InChI is InChI=1S/C22H27NO10/c1-12(24)29-11-18-20(30-13(2)25)21(31-14(3)26)19(22(33-18)32-15(4)27)23-10-16-6-8-17(28-5)9-7-16/h6-10,18-22H,11H2,1-5H3. The van der Waals surface area contributed by atoms with E-state index in [1.165, 1.54) is 41.0 Å². The first-order chi connectivity index (χ1) is 15.6. The number of rotatable bonds is 8. The van der Waals surface area contributed by atoms with E-state index >= 15 is 0 Å². The fourth-order valence-electron chi connectivity index (χ4n) is 3.17. The van der Waals surface area contributed by atoms with E-state index in [-0.39, 0.29) is 6.61 Å². The van der Waals surface area contributed by atoms with Crippen molar-refractivity contribution >= 4 is 30.1 Å². The Bertz CT molecular complexity index is 882. The van der Waals surface area contributed by atoms with E-state index in [1.54, 1.807) is 24.3 Å². The molecule has 0 aliphatic carbocycles. The molecule has 1 aromatic carbocycles. The van der Waals surface area contributed by atoms with Crippen LogP contribution >= 0.6 is 0 Å². The van der Waals surface area contributed by atoms with E-state index in [4.69, 9.17) is 28.4 Å². The minimum Gasteiger partial charge on any atom is -0.497 e. The third kappa shape index (κ3) is 7.86. The molecule has 180 valence electrons. The zero-order valence-corrected chi connectivity index (χ0v) is 19.0. The highest BCUT2D eigenvalue weighted by atomic mass is 16.7. The predicted molar refractivity (Wildman–Crippen MR) is 113 cm³/mol. The largest absolute Gasteiger partial charge is 0.497 e. The minimum atomic E-state index is -1.31. The van der Waals surface area contributed by atoms with E-state index in [1.807, 2.05) is 0 Å². The Morgan fingerprint density at radius 1 is 0.879 bits per heavy atom. The third-order valence-corrected chi connectivity index (χ3v) is 4.46. The lowest BCUT2D eigenvalue weighted by molar-refractivity contribution is -0.266. The summed E-state index contributed by atoms with van der Waals surface area (Å²) in [5, 5.41) is 0. The van der Waals surface area contributed by atoms with Crippen LogP contribution in [0, 0.1) is 0 Å². The monoisotopic (exact) mass is 465 g/mol. The van der Waals surface area contributed by atoms with Gasteiger partial charge in [0.1, 0.15) is 18.5 Å². The van der Waals surface area contributed by atoms with Crippen molar-refractivity contribution in [2.45, 2.75) is 58.3 Å². The first-order valence-corrected chi connectivity index (χ1v) is 10.1. The van der Waals surface area contributed by atoms with Crippen LogP contribution in [0.1, 0.15) is 33.3 Å². The van der Waals surface area contributed by atoms with Gasteiger partial charge < -0.3 is 28.4 Å². The maximum atomic E-state index is 11.9. The van der Waals surface area contributed by atoms with E-state index < -0.39 is 54.5 Å². The molecule has 5 atom stereocenters. The van der Waals surface area contributed by atoms with E-state index in [0.29, 0.717) is 11.3 Å². The Hall–Kier alpha value is -3.47. The molecule has 5 unspecified atom stereocenters. The van der Waals surface area contributed by atoms with Crippen molar-refractivity contribution < 1.29 is 47.6 Å². The van der Waals surface area contributed by atoms with Crippen molar-refractivity contribution in [1.82, 2.24) is 0 Å². The molecule has 0 saturated carbocycles. The van der Waals surface area contributed by atoms with Crippen LogP contribution in [0.25, 0.3) is 0 Å². The van der Waals surface area contributed by atoms with Crippen LogP contribution in [0.2, 0.25) is 0 Å². The van der Waals surface area contributed by atoms with E-state index in [0.717, 1.165) is 0 Å². The van der Waals surface area contributed by atoms with Crippen molar-refractivity contribution in [2.24, 2.45) is 4.99 Å². The van der Waals surface area contributed by atoms with Crippen LogP contribution in [0.5, 0.6) is 5.75 Å². The van der Waals surface area contributed by atoms with Gasteiger partial charge in [0.05, 0.1) is 7.11 Å².